The van der Waals surface area contributed by atoms with E-state index in [1.54, 1.807) is 0 Å². The minimum absolute atomic E-state index is 0.0351. The third-order valence-corrected chi connectivity index (χ3v) is 2.66. The zero-order valence-corrected chi connectivity index (χ0v) is 9.30. The summed E-state index contributed by atoms with van der Waals surface area (Å²) in [6, 6.07) is 4.16. The SMILES string of the molecule is COc1ccc(NS(=O)O)cc1S(=O)O. The fourth-order valence-corrected chi connectivity index (χ4v) is 1.86. The molecule has 8 heteroatoms. The number of nitrogens with one attached hydrogen (secondary N) is 1. The van der Waals surface area contributed by atoms with Crippen LogP contribution in [0.15, 0.2) is 23.1 Å². The fourth-order valence-electron chi connectivity index (χ4n) is 0.977. The summed E-state index contributed by atoms with van der Waals surface area (Å²) >= 11 is -4.43. The highest BCUT2D eigenvalue weighted by Crippen LogP contribution is 2.25. The Morgan fingerprint density at radius 3 is 2.47 bits per heavy atom. The molecular weight excluding hydrogens is 242 g/mol. The van der Waals surface area contributed by atoms with Gasteiger partial charge in [-0.25, -0.2) is 8.42 Å². The Bertz CT molecular complexity index is 408. The molecule has 0 amide bonds. The smallest absolute Gasteiger partial charge is 0.259 e. The van der Waals surface area contributed by atoms with Crippen LogP contribution >= 0.6 is 0 Å². The van der Waals surface area contributed by atoms with Gasteiger partial charge >= 0.3 is 0 Å². The second-order valence-electron chi connectivity index (χ2n) is 2.47. The lowest BCUT2D eigenvalue weighted by Gasteiger charge is -2.07. The highest BCUT2D eigenvalue weighted by Gasteiger charge is 2.10. The van der Waals surface area contributed by atoms with Crippen molar-refractivity contribution in [2.75, 3.05) is 11.8 Å². The van der Waals surface area contributed by atoms with Gasteiger partial charge in [0, 0.05) is 5.69 Å². The van der Waals surface area contributed by atoms with E-state index < -0.39 is 22.3 Å². The van der Waals surface area contributed by atoms with Crippen LogP contribution in [0.1, 0.15) is 0 Å². The molecule has 15 heavy (non-hydrogen) atoms. The predicted molar refractivity (Wildman–Crippen MR) is 56.4 cm³/mol. The maximum absolute atomic E-state index is 10.9. The van der Waals surface area contributed by atoms with Crippen LogP contribution < -0.4 is 9.46 Å². The van der Waals surface area contributed by atoms with Crippen LogP contribution in [-0.2, 0) is 22.3 Å². The number of hydrogen-bond acceptors (Lipinski definition) is 3. The van der Waals surface area contributed by atoms with Crippen LogP contribution in [0.3, 0.4) is 0 Å². The molecule has 0 aliphatic rings. The third-order valence-electron chi connectivity index (χ3n) is 1.56. The Kier molecular flexibility index (Phi) is 4.21. The molecule has 0 aromatic heterocycles. The third kappa shape index (κ3) is 3.27. The molecular formula is C7H9NO5S2. The summed E-state index contributed by atoms with van der Waals surface area (Å²) in [5, 5.41) is 0. The van der Waals surface area contributed by atoms with Gasteiger partial charge in [0.1, 0.15) is 10.6 Å². The molecule has 0 saturated carbocycles. The minimum Gasteiger partial charge on any atom is -0.495 e. The number of benzene rings is 1. The highest BCUT2D eigenvalue weighted by molar-refractivity contribution is 7.80. The molecule has 0 aliphatic heterocycles. The quantitative estimate of drug-likeness (QED) is 0.689. The van der Waals surface area contributed by atoms with Gasteiger partial charge in [-0.1, -0.05) is 0 Å². The largest absolute Gasteiger partial charge is 0.495 e. The van der Waals surface area contributed by atoms with Gasteiger partial charge in [0.05, 0.1) is 7.11 Å². The summed E-state index contributed by atoms with van der Waals surface area (Å²) in [5.74, 6) is 0.241. The normalized spacial score (nSPS) is 14.3. The summed E-state index contributed by atoms with van der Waals surface area (Å²) in [4.78, 5) is 0.0351. The molecule has 0 fully saturated rings. The molecule has 0 aliphatic carbocycles. The first kappa shape index (κ1) is 12.1. The molecule has 1 aromatic rings. The molecule has 0 saturated heterocycles. The van der Waals surface area contributed by atoms with Crippen molar-refractivity contribution in [2.45, 2.75) is 4.90 Å². The van der Waals surface area contributed by atoms with Gasteiger partial charge in [0.15, 0.2) is 11.1 Å². The van der Waals surface area contributed by atoms with E-state index >= 15 is 0 Å². The number of methoxy groups -OCH3 is 1. The van der Waals surface area contributed by atoms with Crippen LogP contribution in [-0.4, -0.2) is 24.6 Å². The number of anilines is 1. The van der Waals surface area contributed by atoms with Crippen LogP contribution in [0, 0.1) is 0 Å². The predicted octanol–water partition coefficient (Wildman–Crippen LogP) is 0.824. The van der Waals surface area contributed by atoms with Crippen LogP contribution in [0.4, 0.5) is 5.69 Å². The van der Waals surface area contributed by atoms with Crippen molar-refractivity contribution in [3.63, 3.8) is 0 Å². The molecule has 0 spiro atoms. The number of rotatable bonds is 4. The minimum atomic E-state index is -2.22. The van der Waals surface area contributed by atoms with Gasteiger partial charge < -0.3 is 9.29 Å². The lowest BCUT2D eigenvalue weighted by Crippen LogP contribution is -2.03. The topological polar surface area (TPSA) is 95.9 Å². The van der Waals surface area contributed by atoms with Crippen molar-refractivity contribution >= 4 is 28.0 Å². The standard InChI is InChI=1S/C7H9NO5S2/c1-13-6-3-2-5(8-15(11)12)4-7(6)14(9)10/h2-4,8H,1H3,(H,9,10)(H,11,12). The Labute approximate surface area is 91.4 Å². The molecule has 0 heterocycles. The number of ether oxygens (including phenoxy) is 1. The van der Waals surface area contributed by atoms with E-state index in [0.29, 0.717) is 0 Å². The lowest BCUT2D eigenvalue weighted by molar-refractivity contribution is 0.402. The molecule has 84 valence electrons. The van der Waals surface area contributed by atoms with E-state index in [1.807, 2.05) is 0 Å². The Hall–Kier alpha value is -0.960. The summed E-state index contributed by atoms with van der Waals surface area (Å²) in [7, 11) is 1.36. The second-order valence-corrected chi connectivity index (χ2v) is 4.11. The zero-order valence-electron chi connectivity index (χ0n) is 7.67. The first-order valence-corrected chi connectivity index (χ1v) is 5.92. The van der Waals surface area contributed by atoms with Gasteiger partial charge in [0.2, 0.25) is 0 Å². The molecule has 0 radical (unpaired) electrons. The Balaban J connectivity index is 3.10. The highest BCUT2D eigenvalue weighted by atomic mass is 32.2. The first-order chi connectivity index (χ1) is 7.04. The van der Waals surface area contributed by atoms with Gasteiger partial charge in [-0.2, -0.15) is 0 Å². The molecule has 2 unspecified atom stereocenters. The van der Waals surface area contributed by atoms with Crippen molar-refractivity contribution in [1.82, 2.24) is 0 Å². The van der Waals surface area contributed by atoms with Crippen molar-refractivity contribution in [3.8, 4) is 5.75 Å². The van der Waals surface area contributed by atoms with Gasteiger partial charge in [-0.05, 0) is 18.2 Å². The number of hydrogen-bond donors (Lipinski definition) is 3. The summed E-state index contributed by atoms with van der Waals surface area (Å²) in [5.41, 5.74) is 0.258. The molecule has 1 aromatic carbocycles. The summed E-state index contributed by atoms with van der Waals surface area (Å²) in [6.45, 7) is 0. The van der Waals surface area contributed by atoms with E-state index in [1.165, 1.54) is 25.3 Å². The molecule has 2 atom stereocenters. The first-order valence-electron chi connectivity index (χ1n) is 3.71. The van der Waals surface area contributed by atoms with Crippen molar-refractivity contribution in [1.29, 1.82) is 0 Å². The maximum Gasteiger partial charge on any atom is 0.259 e. The van der Waals surface area contributed by atoms with Crippen molar-refractivity contribution in [2.24, 2.45) is 0 Å². The maximum atomic E-state index is 10.9. The molecule has 1 rings (SSSR count). The van der Waals surface area contributed by atoms with E-state index in [9.17, 15) is 8.42 Å². The van der Waals surface area contributed by atoms with E-state index in [-0.39, 0.29) is 16.3 Å². The second kappa shape index (κ2) is 5.21. The van der Waals surface area contributed by atoms with Crippen LogP contribution in [0.5, 0.6) is 5.75 Å². The average Bonchev–Trinajstić information content (AvgIpc) is 2.16. The Morgan fingerprint density at radius 1 is 1.33 bits per heavy atom. The van der Waals surface area contributed by atoms with Crippen molar-refractivity contribution in [3.05, 3.63) is 18.2 Å². The molecule has 6 nitrogen and oxygen atoms in total. The molecule has 3 N–H and O–H groups in total. The Morgan fingerprint density at radius 2 is 2.00 bits per heavy atom. The van der Waals surface area contributed by atoms with Gasteiger partial charge in [-0.15, -0.1) is 0 Å². The summed E-state index contributed by atoms with van der Waals surface area (Å²) < 4.78 is 45.8. The van der Waals surface area contributed by atoms with Crippen LogP contribution in [0.2, 0.25) is 0 Å². The van der Waals surface area contributed by atoms with Gasteiger partial charge in [0.25, 0.3) is 11.3 Å². The van der Waals surface area contributed by atoms with E-state index in [4.69, 9.17) is 13.8 Å². The van der Waals surface area contributed by atoms with Crippen LogP contribution in [0.25, 0.3) is 0 Å². The van der Waals surface area contributed by atoms with E-state index in [0.717, 1.165) is 0 Å². The fraction of sp³-hybridized carbons (Fsp3) is 0.143. The van der Waals surface area contributed by atoms with Crippen molar-refractivity contribution < 1.29 is 22.3 Å². The monoisotopic (exact) mass is 251 g/mol. The zero-order chi connectivity index (χ0) is 11.4. The average molecular weight is 251 g/mol. The summed E-state index contributed by atoms with van der Waals surface area (Å²) in [6.07, 6.45) is 0. The van der Waals surface area contributed by atoms with E-state index in [2.05, 4.69) is 4.72 Å². The molecule has 0 bridgehead atoms. The lowest BCUT2D eigenvalue weighted by atomic mass is 10.3. The van der Waals surface area contributed by atoms with Gasteiger partial charge in [-0.3, -0.25) is 9.27 Å².